The van der Waals surface area contributed by atoms with Crippen LogP contribution in [0.25, 0.3) is 0 Å². The smallest absolute Gasteiger partial charge is 0.238 e. The second-order valence-electron chi connectivity index (χ2n) is 6.84. The van der Waals surface area contributed by atoms with Gasteiger partial charge < -0.3 is 4.74 Å². The maximum absolute atomic E-state index is 12.8. The standard InChI is InChI=1S/C21H17Cl2NO3/c1-12-3-2-4-16-19(12)21(26)24(20(16)25)14-6-8-15(9-7-14)27-18-10-5-13(22)11-17(18)23/h2-3,5-12,16,19H,4H2,1H3/t12-,16+,19+/m1/s1. The van der Waals surface area contributed by atoms with Gasteiger partial charge in [0.25, 0.3) is 0 Å². The molecule has 0 bridgehead atoms. The molecule has 0 radical (unpaired) electrons. The number of carbonyl (C=O) groups excluding carboxylic acids is 2. The first-order valence-corrected chi connectivity index (χ1v) is 9.49. The van der Waals surface area contributed by atoms with Crippen LogP contribution in [0.5, 0.6) is 11.5 Å². The minimum Gasteiger partial charge on any atom is -0.456 e. The molecule has 1 fully saturated rings. The average molecular weight is 402 g/mol. The van der Waals surface area contributed by atoms with E-state index in [0.29, 0.717) is 33.7 Å². The number of halogens is 2. The molecule has 2 aliphatic rings. The fourth-order valence-electron chi connectivity index (χ4n) is 3.75. The summed E-state index contributed by atoms with van der Waals surface area (Å²) in [5.41, 5.74) is 0.557. The third kappa shape index (κ3) is 3.24. The van der Waals surface area contributed by atoms with Gasteiger partial charge in [0.1, 0.15) is 11.5 Å². The Balaban J connectivity index is 1.56. The quantitative estimate of drug-likeness (QED) is 0.504. The minimum absolute atomic E-state index is 0.0693. The maximum Gasteiger partial charge on any atom is 0.238 e. The Labute approximate surface area is 167 Å². The van der Waals surface area contributed by atoms with Gasteiger partial charge in [0.2, 0.25) is 11.8 Å². The predicted octanol–water partition coefficient (Wildman–Crippen LogP) is 5.49. The largest absolute Gasteiger partial charge is 0.456 e. The molecule has 3 atom stereocenters. The zero-order valence-corrected chi connectivity index (χ0v) is 16.1. The Kier molecular flexibility index (Phi) is 4.70. The molecule has 0 saturated carbocycles. The zero-order valence-electron chi connectivity index (χ0n) is 14.6. The van der Waals surface area contributed by atoms with Gasteiger partial charge in [-0.2, -0.15) is 0 Å². The number of imide groups is 1. The molecule has 1 aliphatic carbocycles. The van der Waals surface area contributed by atoms with Crippen molar-refractivity contribution in [3.05, 3.63) is 64.7 Å². The van der Waals surface area contributed by atoms with Crippen molar-refractivity contribution in [2.45, 2.75) is 13.3 Å². The molecular formula is C21H17Cl2NO3. The summed E-state index contributed by atoms with van der Waals surface area (Å²) in [6.07, 6.45) is 4.63. The van der Waals surface area contributed by atoms with Crippen LogP contribution < -0.4 is 9.64 Å². The Morgan fingerprint density at radius 3 is 2.44 bits per heavy atom. The van der Waals surface area contributed by atoms with Crippen molar-refractivity contribution in [3.63, 3.8) is 0 Å². The van der Waals surface area contributed by atoms with Crippen molar-refractivity contribution in [2.75, 3.05) is 4.90 Å². The van der Waals surface area contributed by atoms with Crippen LogP contribution in [-0.4, -0.2) is 11.8 Å². The fourth-order valence-corrected chi connectivity index (χ4v) is 4.20. The highest BCUT2D eigenvalue weighted by Crippen LogP contribution is 2.41. The first-order chi connectivity index (χ1) is 13.0. The average Bonchev–Trinajstić information content (AvgIpc) is 2.90. The lowest BCUT2D eigenvalue weighted by molar-refractivity contribution is -0.122. The van der Waals surface area contributed by atoms with E-state index in [1.165, 1.54) is 4.90 Å². The van der Waals surface area contributed by atoms with E-state index in [4.69, 9.17) is 27.9 Å². The number of anilines is 1. The van der Waals surface area contributed by atoms with Crippen LogP contribution in [0.1, 0.15) is 13.3 Å². The number of nitrogens with zero attached hydrogens (tertiary/aromatic N) is 1. The van der Waals surface area contributed by atoms with E-state index in [2.05, 4.69) is 0 Å². The van der Waals surface area contributed by atoms with Crippen molar-refractivity contribution in [1.29, 1.82) is 0 Å². The monoisotopic (exact) mass is 401 g/mol. The molecule has 27 heavy (non-hydrogen) atoms. The van der Waals surface area contributed by atoms with Crippen molar-refractivity contribution in [2.24, 2.45) is 17.8 Å². The summed E-state index contributed by atoms with van der Waals surface area (Å²) in [4.78, 5) is 26.9. The number of rotatable bonds is 3. The predicted molar refractivity (Wildman–Crippen MR) is 105 cm³/mol. The third-order valence-corrected chi connectivity index (χ3v) is 5.62. The number of fused-ring (bicyclic) bond motifs is 1. The maximum atomic E-state index is 12.8. The summed E-state index contributed by atoms with van der Waals surface area (Å²) in [6.45, 7) is 1.98. The lowest BCUT2D eigenvalue weighted by atomic mass is 9.78. The van der Waals surface area contributed by atoms with Gasteiger partial charge >= 0.3 is 0 Å². The van der Waals surface area contributed by atoms with Crippen molar-refractivity contribution in [1.82, 2.24) is 0 Å². The Bertz CT molecular complexity index is 939. The number of amides is 2. The topological polar surface area (TPSA) is 46.6 Å². The van der Waals surface area contributed by atoms with E-state index in [-0.39, 0.29) is 29.6 Å². The number of ether oxygens (including phenoxy) is 1. The van der Waals surface area contributed by atoms with E-state index < -0.39 is 0 Å². The van der Waals surface area contributed by atoms with Crippen LogP contribution in [0.15, 0.2) is 54.6 Å². The molecule has 1 saturated heterocycles. The highest BCUT2D eigenvalue weighted by molar-refractivity contribution is 6.35. The van der Waals surface area contributed by atoms with Gasteiger partial charge in [-0.05, 0) is 54.8 Å². The summed E-state index contributed by atoms with van der Waals surface area (Å²) in [6, 6.07) is 11.8. The molecule has 6 heteroatoms. The van der Waals surface area contributed by atoms with Crippen LogP contribution in [-0.2, 0) is 9.59 Å². The summed E-state index contributed by atoms with van der Waals surface area (Å²) in [5, 5.41) is 0.931. The molecule has 2 amide bonds. The molecule has 0 unspecified atom stereocenters. The molecule has 0 spiro atoms. The van der Waals surface area contributed by atoms with Crippen molar-refractivity contribution >= 4 is 40.7 Å². The number of benzene rings is 2. The second-order valence-corrected chi connectivity index (χ2v) is 7.68. The molecule has 0 N–H and O–H groups in total. The molecule has 0 aromatic heterocycles. The zero-order chi connectivity index (χ0) is 19.1. The Hall–Kier alpha value is -2.30. The molecule has 1 aliphatic heterocycles. The highest BCUT2D eigenvalue weighted by atomic mass is 35.5. The van der Waals surface area contributed by atoms with Gasteiger partial charge in [0, 0.05) is 5.02 Å². The van der Waals surface area contributed by atoms with E-state index in [1.807, 2.05) is 19.1 Å². The number of allylic oxidation sites excluding steroid dienone is 2. The van der Waals surface area contributed by atoms with Crippen molar-refractivity contribution in [3.8, 4) is 11.5 Å². The normalized spacial score (nSPS) is 24.3. The van der Waals surface area contributed by atoms with Gasteiger partial charge in [-0.25, -0.2) is 0 Å². The van der Waals surface area contributed by atoms with Crippen LogP contribution in [0.4, 0.5) is 5.69 Å². The van der Waals surface area contributed by atoms with Gasteiger partial charge in [-0.3, -0.25) is 14.5 Å². The second kappa shape index (κ2) is 7.02. The van der Waals surface area contributed by atoms with E-state index in [0.717, 1.165) is 0 Å². The number of hydrogen-bond donors (Lipinski definition) is 0. The van der Waals surface area contributed by atoms with E-state index in [9.17, 15) is 9.59 Å². The van der Waals surface area contributed by atoms with Gasteiger partial charge in [0.15, 0.2) is 0 Å². The van der Waals surface area contributed by atoms with Crippen LogP contribution in [0.3, 0.4) is 0 Å². The fraction of sp³-hybridized carbons (Fsp3) is 0.238. The summed E-state index contributed by atoms with van der Waals surface area (Å²) in [5.74, 6) is 0.307. The SMILES string of the molecule is C[C@@H]1C=CC[C@@H]2C(=O)N(c3ccc(Oc4ccc(Cl)cc4Cl)cc3)C(=O)[C@@H]12. The van der Waals surface area contributed by atoms with Gasteiger partial charge in [-0.15, -0.1) is 0 Å². The Morgan fingerprint density at radius 2 is 1.78 bits per heavy atom. The van der Waals surface area contributed by atoms with Crippen molar-refractivity contribution < 1.29 is 14.3 Å². The van der Waals surface area contributed by atoms with E-state index in [1.54, 1.807) is 42.5 Å². The van der Waals surface area contributed by atoms with Crippen LogP contribution >= 0.6 is 23.2 Å². The lowest BCUT2D eigenvalue weighted by Crippen LogP contribution is -2.31. The van der Waals surface area contributed by atoms with Gasteiger partial charge in [0.05, 0.1) is 22.5 Å². The molecule has 138 valence electrons. The molecule has 2 aromatic rings. The molecule has 4 nitrogen and oxygen atoms in total. The minimum atomic E-state index is -0.272. The summed E-state index contributed by atoms with van der Waals surface area (Å²) < 4.78 is 5.76. The highest BCUT2D eigenvalue weighted by Gasteiger charge is 2.50. The first-order valence-electron chi connectivity index (χ1n) is 8.73. The molecule has 2 aromatic carbocycles. The Morgan fingerprint density at radius 1 is 1.04 bits per heavy atom. The molecule has 4 rings (SSSR count). The summed E-state index contributed by atoms with van der Waals surface area (Å²) in [7, 11) is 0. The third-order valence-electron chi connectivity index (χ3n) is 5.09. The van der Waals surface area contributed by atoms with Gasteiger partial charge in [-0.1, -0.05) is 42.3 Å². The molecular weight excluding hydrogens is 385 g/mol. The summed E-state index contributed by atoms with van der Waals surface area (Å²) >= 11 is 12.0. The number of carbonyl (C=O) groups is 2. The van der Waals surface area contributed by atoms with Crippen LogP contribution in [0.2, 0.25) is 10.0 Å². The van der Waals surface area contributed by atoms with E-state index >= 15 is 0 Å². The number of hydrogen-bond acceptors (Lipinski definition) is 3. The first kappa shape index (κ1) is 18.1. The van der Waals surface area contributed by atoms with Crippen LogP contribution in [0, 0.1) is 17.8 Å². The molecule has 1 heterocycles. The lowest BCUT2D eigenvalue weighted by Gasteiger charge is -2.22.